The van der Waals surface area contributed by atoms with E-state index in [9.17, 15) is 23.8 Å². The van der Waals surface area contributed by atoms with Crippen LogP contribution in [-0.2, 0) is 23.0 Å². The number of hydrogen-bond donors (Lipinski definition) is 2. The predicted octanol–water partition coefficient (Wildman–Crippen LogP) is 5.25. The SMILES string of the molecule is CC(=O)N1CCC(NC2CCN(C(=O)OC(C)(C)C)CC2)=C(C(=N)N2CCCc3cc(-c4cnn(C)c4)c(C(F)F)cc32)C1. The fraction of sp³-hybridized carbons (Fsp3) is 0.562. The molecule has 1 fully saturated rings. The Kier molecular flexibility index (Phi) is 8.99. The van der Waals surface area contributed by atoms with Gasteiger partial charge in [-0.3, -0.25) is 14.9 Å². The van der Waals surface area contributed by atoms with Crippen molar-refractivity contribution in [1.82, 2.24) is 24.9 Å². The van der Waals surface area contributed by atoms with Crippen LogP contribution in [-0.4, -0.2) is 81.8 Å². The predicted molar refractivity (Wildman–Crippen MR) is 165 cm³/mol. The number of halogens is 2. The summed E-state index contributed by atoms with van der Waals surface area (Å²) in [7, 11) is 1.76. The van der Waals surface area contributed by atoms with E-state index in [1.807, 2.05) is 31.7 Å². The van der Waals surface area contributed by atoms with Gasteiger partial charge in [-0.25, -0.2) is 13.6 Å². The summed E-state index contributed by atoms with van der Waals surface area (Å²) in [4.78, 5) is 30.2. The Hall–Kier alpha value is -3.96. The minimum Gasteiger partial charge on any atom is -0.444 e. The van der Waals surface area contributed by atoms with Gasteiger partial charge >= 0.3 is 6.09 Å². The number of aromatic nitrogens is 2. The summed E-state index contributed by atoms with van der Waals surface area (Å²) in [6.07, 6.45) is 3.81. The highest BCUT2D eigenvalue weighted by atomic mass is 19.3. The molecule has 4 heterocycles. The Balaban J connectivity index is 1.41. The molecule has 3 aliphatic heterocycles. The molecule has 238 valence electrons. The van der Waals surface area contributed by atoms with Crippen LogP contribution >= 0.6 is 0 Å². The second-order valence-electron chi connectivity index (χ2n) is 12.9. The zero-order valence-corrected chi connectivity index (χ0v) is 26.3. The average Bonchev–Trinajstić information content (AvgIpc) is 3.41. The maximum absolute atomic E-state index is 14.4. The first kappa shape index (κ1) is 31.5. The first-order valence-electron chi connectivity index (χ1n) is 15.3. The minimum absolute atomic E-state index is 0.0693. The highest BCUT2D eigenvalue weighted by molar-refractivity contribution is 6.09. The molecule has 2 aromatic rings. The molecule has 0 atom stereocenters. The van der Waals surface area contributed by atoms with Crippen molar-refractivity contribution >= 4 is 23.5 Å². The van der Waals surface area contributed by atoms with Crippen LogP contribution in [0.2, 0.25) is 0 Å². The van der Waals surface area contributed by atoms with Gasteiger partial charge in [0.2, 0.25) is 5.91 Å². The third kappa shape index (κ3) is 6.89. The summed E-state index contributed by atoms with van der Waals surface area (Å²) in [5.74, 6) is 0.153. The number of alkyl halides is 2. The van der Waals surface area contributed by atoms with Crippen molar-refractivity contribution in [1.29, 1.82) is 5.41 Å². The lowest BCUT2D eigenvalue weighted by Gasteiger charge is -2.39. The number of nitrogens with one attached hydrogen (secondary N) is 2. The molecule has 44 heavy (non-hydrogen) atoms. The lowest BCUT2D eigenvalue weighted by atomic mass is 9.92. The van der Waals surface area contributed by atoms with Crippen LogP contribution in [0.3, 0.4) is 0 Å². The van der Waals surface area contributed by atoms with E-state index in [-0.39, 0.29) is 36.0 Å². The molecule has 0 bridgehead atoms. The minimum atomic E-state index is -2.70. The number of ether oxygens (including phenoxy) is 1. The van der Waals surface area contributed by atoms with Gasteiger partial charge in [0.05, 0.1) is 12.7 Å². The van der Waals surface area contributed by atoms with Crippen molar-refractivity contribution in [3.8, 4) is 11.1 Å². The van der Waals surface area contributed by atoms with Crippen molar-refractivity contribution in [2.24, 2.45) is 7.05 Å². The number of nitrogens with zero attached hydrogens (tertiary/aromatic N) is 5. The molecule has 5 rings (SSSR count). The van der Waals surface area contributed by atoms with Crippen LogP contribution in [0.15, 0.2) is 35.8 Å². The standard InChI is InChI=1S/C32H43F2N7O3/c1-20(42)40-14-10-27(37-23-8-12-39(13-9-23)31(43)44-32(2,3)4)26(19-40)30(35)41-11-6-7-21-15-24(22-17-36-38(5)18-22)25(29(33)34)16-28(21)41/h15-18,23,29,35,37H,6-14,19H2,1-5H3. The Morgan fingerprint density at radius 3 is 2.43 bits per heavy atom. The average molecular weight is 612 g/mol. The Morgan fingerprint density at radius 2 is 1.82 bits per heavy atom. The number of anilines is 1. The van der Waals surface area contributed by atoms with E-state index >= 15 is 0 Å². The van der Waals surface area contributed by atoms with Crippen LogP contribution in [0.25, 0.3) is 11.1 Å². The third-order valence-corrected chi connectivity index (χ3v) is 8.49. The lowest BCUT2D eigenvalue weighted by molar-refractivity contribution is -0.128. The number of benzene rings is 1. The molecule has 1 saturated heterocycles. The number of aryl methyl sites for hydroxylation is 2. The van der Waals surface area contributed by atoms with Gasteiger partial charge in [-0.1, -0.05) is 0 Å². The van der Waals surface area contributed by atoms with Gasteiger partial charge in [0.1, 0.15) is 11.4 Å². The largest absolute Gasteiger partial charge is 0.444 e. The molecule has 3 aliphatic rings. The zero-order valence-electron chi connectivity index (χ0n) is 26.3. The van der Waals surface area contributed by atoms with Gasteiger partial charge in [0.15, 0.2) is 0 Å². The second kappa shape index (κ2) is 12.6. The van der Waals surface area contributed by atoms with E-state index < -0.39 is 12.0 Å². The first-order chi connectivity index (χ1) is 20.8. The fourth-order valence-electron chi connectivity index (χ4n) is 6.22. The first-order valence-corrected chi connectivity index (χ1v) is 15.3. The number of piperidine rings is 1. The normalized spacial score (nSPS) is 18.0. The monoisotopic (exact) mass is 611 g/mol. The fourth-order valence-corrected chi connectivity index (χ4v) is 6.22. The summed E-state index contributed by atoms with van der Waals surface area (Å²) >= 11 is 0. The molecule has 0 unspecified atom stereocenters. The molecule has 0 radical (unpaired) electrons. The Labute approximate surface area is 257 Å². The van der Waals surface area contributed by atoms with E-state index in [1.165, 1.54) is 13.0 Å². The molecule has 1 aromatic heterocycles. The van der Waals surface area contributed by atoms with Crippen molar-refractivity contribution in [2.45, 2.75) is 77.9 Å². The van der Waals surface area contributed by atoms with Crippen LogP contribution in [0.5, 0.6) is 0 Å². The molecule has 12 heteroatoms. The van der Waals surface area contributed by atoms with Crippen molar-refractivity contribution in [2.75, 3.05) is 37.6 Å². The van der Waals surface area contributed by atoms with Crippen molar-refractivity contribution in [3.05, 3.63) is 46.9 Å². The van der Waals surface area contributed by atoms with Crippen LogP contribution < -0.4 is 10.2 Å². The quantitative estimate of drug-likeness (QED) is 0.354. The molecular weight excluding hydrogens is 568 g/mol. The van der Waals surface area contributed by atoms with Gasteiger partial charge in [0, 0.05) is 86.9 Å². The maximum Gasteiger partial charge on any atom is 0.410 e. The number of fused-ring (bicyclic) bond motifs is 1. The number of carbonyl (C=O) groups excluding carboxylic acids is 2. The second-order valence-corrected chi connectivity index (χ2v) is 12.9. The molecule has 0 spiro atoms. The van der Waals surface area contributed by atoms with E-state index in [2.05, 4.69) is 10.4 Å². The zero-order chi connectivity index (χ0) is 31.8. The van der Waals surface area contributed by atoms with E-state index in [0.717, 1.165) is 36.9 Å². The lowest BCUT2D eigenvalue weighted by Crippen LogP contribution is -2.49. The highest BCUT2D eigenvalue weighted by Crippen LogP contribution is 2.39. The van der Waals surface area contributed by atoms with Gasteiger partial charge in [-0.05, 0) is 69.7 Å². The van der Waals surface area contributed by atoms with Gasteiger partial charge in [-0.15, -0.1) is 0 Å². The van der Waals surface area contributed by atoms with E-state index in [4.69, 9.17) is 4.74 Å². The molecule has 1 aromatic carbocycles. The summed E-state index contributed by atoms with van der Waals surface area (Å²) in [6.45, 7) is 9.52. The van der Waals surface area contributed by atoms with Crippen molar-refractivity contribution < 1.29 is 23.1 Å². The number of amidine groups is 1. The van der Waals surface area contributed by atoms with Crippen LogP contribution in [0, 0.1) is 5.41 Å². The van der Waals surface area contributed by atoms with Gasteiger partial charge in [0.25, 0.3) is 6.43 Å². The molecule has 0 aliphatic carbocycles. The Morgan fingerprint density at radius 1 is 1.09 bits per heavy atom. The number of rotatable bonds is 5. The molecule has 2 N–H and O–H groups in total. The summed E-state index contributed by atoms with van der Waals surface area (Å²) in [5.41, 5.74) is 3.57. The summed E-state index contributed by atoms with van der Waals surface area (Å²) in [6, 6.07) is 3.44. The number of carbonyl (C=O) groups is 2. The number of likely N-dealkylation sites (tertiary alicyclic amines) is 1. The molecule has 0 saturated carbocycles. The maximum atomic E-state index is 14.4. The molecular formula is C32H43F2N7O3. The third-order valence-electron chi connectivity index (χ3n) is 8.49. The van der Waals surface area contributed by atoms with Gasteiger partial charge < -0.3 is 24.8 Å². The van der Waals surface area contributed by atoms with Crippen molar-refractivity contribution in [3.63, 3.8) is 0 Å². The smallest absolute Gasteiger partial charge is 0.410 e. The summed E-state index contributed by atoms with van der Waals surface area (Å²) in [5, 5.41) is 17.2. The topological polar surface area (TPSA) is 107 Å². The molecule has 2 amide bonds. The summed E-state index contributed by atoms with van der Waals surface area (Å²) < 4.78 is 35.9. The number of amides is 2. The van der Waals surface area contributed by atoms with E-state index in [1.54, 1.807) is 33.9 Å². The van der Waals surface area contributed by atoms with Crippen LogP contribution in [0.4, 0.5) is 19.3 Å². The molecule has 10 nitrogen and oxygen atoms in total. The van der Waals surface area contributed by atoms with Gasteiger partial charge in [-0.2, -0.15) is 5.10 Å². The Bertz CT molecular complexity index is 1450. The highest BCUT2D eigenvalue weighted by Gasteiger charge is 2.33. The number of hydrogen-bond acceptors (Lipinski definition) is 6. The van der Waals surface area contributed by atoms with Crippen LogP contribution in [0.1, 0.15) is 70.9 Å². The van der Waals surface area contributed by atoms with E-state index in [0.29, 0.717) is 55.0 Å².